The molecule has 2 unspecified atom stereocenters. The Morgan fingerprint density at radius 1 is 1.42 bits per heavy atom. The molecule has 1 saturated carbocycles. The Labute approximate surface area is 114 Å². The van der Waals surface area contributed by atoms with Gasteiger partial charge in [0.05, 0.1) is 5.56 Å². The van der Waals surface area contributed by atoms with Crippen LogP contribution in [-0.4, -0.2) is 19.5 Å². The normalized spacial score (nSPS) is 22.2. The Hall–Kier alpha value is -1.71. The number of anilines is 2. The number of hydrogen-bond acceptors (Lipinski definition) is 3. The van der Waals surface area contributed by atoms with Crippen molar-refractivity contribution in [2.75, 3.05) is 24.6 Å². The molecule has 1 aliphatic rings. The Kier molecular flexibility index (Phi) is 4.30. The van der Waals surface area contributed by atoms with E-state index >= 15 is 0 Å². The highest BCUT2D eigenvalue weighted by atomic mass is 16.1. The zero-order valence-corrected chi connectivity index (χ0v) is 11.7. The molecule has 4 nitrogen and oxygen atoms in total. The molecule has 19 heavy (non-hydrogen) atoms. The van der Waals surface area contributed by atoms with Crippen molar-refractivity contribution in [1.29, 1.82) is 0 Å². The van der Waals surface area contributed by atoms with Gasteiger partial charge in [-0.15, -0.1) is 0 Å². The summed E-state index contributed by atoms with van der Waals surface area (Å²) in [7, 11) is 1.64. The molecule has 0 saturated heterocycles. The molecule has 2 atom stereocenters. The number of nitrogens with two attached hydrogens (primary N) is 1. The fourth-order valence-corrected chi connectivity index (χ4v) is 2.81. The van der Waals surface area contributed by atoms with Crippen molar-refractivity contribution >= 4 is 17.3 Å². The lowest BCUT2D eigenvalue weighted by Gasteiger charge is -2.18. The molecule has 4 heteroatoms. The summed E-state index contributed by atoms with van der Waals surface area (Å²) in [6, 6.07) is 5.37. The maximum absolute atomic E-state index is 11.8. The minimum atomic E-state index is -0.0815. The van der Waals surface area contributed by atoms with Crippen LogP contribution in [0.15, 0.2) is 18.2 Å². The summed E-state index contributed by atoms with van der Waals surface area (Å²) < 4.78 is 0. The van der Waals surface area contributed by atoms with E-state index in [1.807, 2.05) is 6.07 Å². The highest BCUT2D eigenvalue weighted by Gasteiger charge is 2.23. The molecular formula is C15H23N3O. The maximum Gasteiger partial charge on any atom is 0.253 e. The summed E-state index contributed by atoms with van der Waals surface area (Å²) in [5, 5.41) is 6.06. The molecule has 4 N–H and O–H groups in total. The molecule has 0 spiro atoms. The first-order chi connectivity index (χ1) is 9.11. The Morgan fingerprint density at radius 3 is 2.84 bits per heavy atom. The average Bonchev–Trinajstić information content (AvgIpc) is 2.81. The molecule has 2 rings (SSSR count). The molecule has 104 valence electrons. The lowest BCUT2D eigenvalue weighted by Crippen LogP contribution is -2.22. The fourth-order valence-electron chi connectivity index (χ4n) is 2.81. The predicted molar refractivity (Wildman–Crippen MR) is 79.2 cm³/mol. The van der Waals surface area contributed by atoms with Crippen molar-refractivity contribution in [3.05, 3.63) is 23.8 Å². The number of amides is 1. The minimum absolute atomic E-state index is 0.0815. The van der Waals surface area contributed by atoms with E-state index in [4.69, 9.17) is 5.73 Å². The second-order valence-electron chi connectivity index (χ2n) is 5.43. The van der Waals surface area contributed by atoms with Crippen LogP contribution in [0.25, 0.3) is 0 Å². The summed E-state index contributed by atoms with van der Waals surface area (Å²) in [4.78, 5) is 11.8. The van der Waals surface area contributed by atoms with Crippen LogP contribution in [0.5, 0.6) is 0 Å². The van der Waals surface area contributed by atoms with Crippen LogP contribution in [0, 0.1) is 11.8 Å². The maximum atomic E-state index is 11.8. The van der Waals surface area contributed by atoms with Crippen molar-refractivity contribution in [3.63, 3.8) is 0 Å². The third-order valence-corrected chi connectivity index (χ3v) is 4.11. The quantitative estimate of drug-likeness (QED) is 0.729. The van der Waals surface area contributed by atoms with Crippen LogP contribution in [0.1, 0.15) is 36.5 Å². The van der Waals surface area contributed by atoms with Gasteiger partial charge in [0.15, 0.2) is 0 Å². The Balaban J connectivity index is 2.09. The fraction of sp³-hybridized carbons (Fsp3) is 0.533. The highest BCUT2D eigenvalue weighted by molar-refractivity contribution is 6.00. The van der Waals surface area contributed by atoms with E-state index in [9.17, 15) is 4.79 Å². The Morgan fingerprint density at radius 2 is 2.21 bits per heavy atom. The van der Waals surface area contributed by atoms with E-state index in [-0.39, 0.29) is 5.91 Å². The monoisotopic (exact) mass is 261 g/mol. The second kappa shape index (κ2) is 5.95. The van der Waals surface area contributed by atoms with E-state index in [0.717, 1.165) is 18.2 Å². The molecule has 1 fully saturated rings. The van der Waals surface area contributed by atoms with Gasteiger partial charge in [-0.1, -0.05) is 19.8 Å². The number of rotatable bonds is 4. The third-order valence-electron chi connectivity index (χ3n) is 4.11. The molecule has 0 radical (unpaired) electrons. The summed E-state index contributed by atoms with van der Waals surface area (Å²) in [5.41, 5.74) is 7.97. The van der Waals surface area contributed by atoms with Gasteiger partial charge in [0.25, 0.3) is 5.91 Å². The van der Waals surface area contributed by atoms with Crippen LogP contribution in [-0.2, 0) is 0 Å². The smallest absolute Gasteiger partial charge is 0.253 e. The number of benzene rings is 1. The van der Waals surface area contributed by atoms with Crippen LogP contribution in [0.3, 0.4) is 0 Å². The van der Waals surface area contributed by atoms with Crippen LogP contribution < -0.4 is 16.4 Å². The number of carbonyl (C=O) groups is 1. The molecule has 1 aromatic carbocycles. The lowest BCUT2D eigenvalue weighted by atomic mass is 9.98. The number of hydrogen-bond donors (Lipinski definition) is 3. The van der Waals surface area contributed by atoms with Crippen LogP contribution in [0.4, 0.5) is 11.4 Å². The van der Waals surface area contributed by atoms with Gasteiger partial charge in [-0.2, -0.15) is 0 Å². The molecule has 1 aliphatic carbocycles. The molecule has 0 bridgehead atoms. The molecule has 1 amide bonds. The topological polar surface area (TPSA) is 67.2 Å². The molecule has 0 aromatic heterocycles. The van der Waals surface area contributed by atoms with Gasteiger partial charge in [0, 0.05) is 25.0 Å². The van der Waals surface area contributed by atoms with Crippen LogP contribution >= 0.6 is 0 Å². The SMILES string of the molecule is CNC(=O)c1ccc(N)cc1NCC1CCCC1C. The van der Waals surface area contributed by atoms with Crippen molar-refractivity contribution < 1.29 is 4.79 Å². The minimum Gasteiger partial charge on any atom is -0.399 e. The Bertz CT molecular complexity index is 459. The van der Waals surface area contributed by atoms with Crippen molar-refractivity contribution in [1.82, 2.24) is 5.32 Å². The van der Waals surface area contributed by atoms with Gasteiger partial charge in [-0.05, 0) is 36.5 Å². The second-order valence-corrected chi connectivity index (χ2v) is 5.43. The predicted octanol–water partition coefficient (Wildman–Crippen LogP) is 2.48. The van der Waals surface area contributed by atoms with Gasteiger partial charge >= 0.3 is 0 Å². The zero-order valence-electron chi connectivity index (χ0n) is 11.7. The number of carbonyl (C=O) groups excluding carboxylic acids is 1. The standard InChI is InChI=1S/C15H23N3O/c1-10-4-3-5-11(10)9-18-14-8-12(16)6-7-13(14)15(19)17-2/h6-8,10-11,18H,3-5,9,16H2,1-2H3,(H,17,19). The van der Waals surface area contributed by atoms with Gasteiger partial charge in [-0.25, -0.2) is 0 Å². The van der Waals surface area contributed by atoms with Gasteiger partial charge in [0.2, 0.25) is 0 Å². The van der Waals surface area contributed by atoms with Crippen molar-refractivity contribution in [3.8, 4) is 0 Å². The van der Waals surface area contributed by atoms with Gasteiger partial charge in [-0.3, -0.25) is 4.79 Å². The molecule has 0 aliphatic heterocycles. The van der Waals surface area contributed by atoms with Gasteiger partial charge < -0.3 is 16.4 Å². The largest absolute Gasteiger partial charge is 0.399 e. The first-order valence-corrected chi connectivity index (χ1v) is 6.97. The van der Waals surface area contributed by atoms with Crippen molar-refractivity contribution in [2.45, 2.75) is 26.2 Å². The molecule has 0 heterocycles. The van der Waals surface area contributed by atoms with E-state index in [1.165, 1.54) is 19.3 Å². The third kappa shape index (κ3) is 3.19. The summed E-state index contributed by atoms with van der Waals surface area (Å²) in [5.74, 6) is 1.37. The first-order valence-electron chi connectivity index (χ1n) is 6.97. The molecule has 1 aromatic rings. The highest BCUT2D eigenvalue weighted by Crippen LogP contribution is 2.31. The molecular weight excluding hydrogens is 238 g/mol. The average molecular weight is 261 g/mol. The van der Waals surface area contributed by atoms with Crippen molar-refractivity contribution in [2.24, 2.45) is 11.8 Å². The first kappa shape index (κ1) is 13.7. The van der Waals surface area contributed by atoms with Gasteiger partial charge in [0.1, 0.15) is 0 Å². The van der Waals surface area contributed by atoms with Crippen LogP contribution in [0.2, 0.25) is 0 Å². The summed E-state index contributed by atoms with van der Waals surface area (Å²) in [6.45, 7) is 3.22. The van der Waals surface area contributed by atoms with E-state index in [1.54, 1.807) is 19.2 Å². The van der Waals surface area contributed by atoms with E-state index in [2.05, 4.69) is 17.6 Å². The number of nitrogen functional groups attached to an aromatic ring is 1. The van der Waals surface area contributed by atoms with E-state index in [0.29, 0.717) is 17.2 Å². The van der Waals surface area contributed by atoms with E-state index < -0.39 is 0 Å². The lowest BCUT2D eigenvalue weighted by molar-refractivity contribution is 0.0964. The number of nitrogens with one attached hydrogen (secondary N) is 2. The summed E-state index contributed by atoms with van der Waals surface area (Å²) in [6.07, 6.45) is 3.89. The summed E-state index contributed by atoms with van der Waals surface area (Å²) >= 11 is 0. The zero-order chi connectivity index (χ0) is 13.8.